The van der Waals surface area contributed by atoms with Crippen LogP contribution in [0.25, 0.3) is 11.4 Å². The van der Waals surface area contributed by atoms with Gasteiger partial charge in [0.05, 0.1) is 0 Å². The van der Waals surface area contributed by atoms with Crippen LogP contribution in [0, 0.1) is 0 Å². The van der Waals surface area contributed by atoms with Crippen molar-refractivity contribution in [1.82, 2.24) is 20.5 Å². The minimum atomic E-state index is 0.477. The third kappa shape index (κ3) is 2.99. The number of benzene rings is 1. The van der Waals surface area contributed by atoms with Crippen LogP contribution in [-0.2, 0) is 0 Å². The molecule has 1 fully saturated rings. The molecule has 0 amide bonds. The molecule has 0 spiro atoms. The number of hydrogen-bond acceptors (Lipinski definition) is 3. The normalized spacial score (nSPS) is 16.7. The lowest BCUT2D eigenvalue weighted by Gasteiger charge is -2.19. The maximum absolute atomic E-state index is 6.05. The standard InChI is InChI=1S/C13H14BrClN4/c14-10-5-9(6-11(15)7-10)13-17-12(18-19-13)8-1-3-16-4-2-8/h5-8,16H,1-4H2,(H,17,18,19). The highest BCUT2D eigenvalue weighted by Gasteiger charge is 2.19. The van der Waals surface area contributed by atoms with E-state index >= 15 is 0 Å². The van der Waals surface area contributed by atoms with E-state index in [1.807, 2.05) is 18.2 Å². The van der Waals surface area contributed by atoms with Crippen LogP contribution in [0.5, 0.6) is 0 Å². The van der Waals surface area contributed by atoms with Crippen LogP contribution in [0.1, 0.15) is 24.6 Å². The molecule has 1 aliphatic heterocycles. The molecule has 4 nitrogen and oxygen atoms in total. The predicted octanol–water partition coefficient (Wildman–Crippen LogP) is 3.35. The van der Waals surface area contributed by atoms with E-state index in [4.69, 9.17) is 11.6 Å². The van der Waals surface area contributed by atoms with Gasteiger partial charge in [0, 0.05) is 21.0 Å². The van der Waals surface area contributed by atoms with Crippen LogP contribution in [0.15, 0.2) is 22.7 Å². The molecule has 1 saturated heterocycles. The summed E-state index contributed by atoms with van der Waals surface area (Å²) < 4.78 is 0.934. The summed E-state index contributed by atoms with van der Waals surface area (Å²) in [6.45, 7) is 2.09. The molecule has 2 N–H and O–H groups in total. The van der Waals surface area contributed by atoms with Crippen molar-refractivity contribution in [1.29, 1.82) is 0 Å². The number of nitrogens with one attached hydrogen (secondary N) is 2. The Morgan fingerprint density at radius 3 is 2.74 bits per heavy atom. The van der Waals surface area contributed by atoms with Crippen molar-refractivity contribution >= 4 is 27.5 Å². The molecular formula is C13H14BrClN4. The highest BCUT2D eigenvalue weighted by atomic mass is 79.9. The van der Waals surface area contributed by atoms with E-state index in [0.29, 0.717) is 16.8 Å². The number of hydrogen-bond donors (Lipinski definition) is 2. The summed E-state index contributed by atoms with van der Waals surface area (Å²) in [7, 11) is 0. The first kappa shape index (κ1) is 13.1. The zero-order valence-electron chi connectivity index (χ0n) is 10.3. The maximum Gasteiger partial charge on any atom is 0.181 e. The molecule has 0 aliphatic carbocycles. The Kier molecular flexibility index (Phi) is 3.86. The van der Waals surface area contributed by atoms with E-state index in [1.165, 1.54) is 0 Å². The summed E-state index contributed by atoms with van der Waals surface area (Å²) in [6.07, 6.45) is 2.21. The van der Waals surface area contributed by atoms with Gasteiger partial charge in [0.25, 0.3) is 0 Å². The van der Waals surface area contributed by atoms with Crippen LogP contribution in [0.3, 0.4) is 0 Å². The number of piperidine rings is 1. The lowest BCUT2D eigenvalue weighted by molar-refractivity contribution is 0.446. The van der Waals surface area contributed by atoms with Crippen LogP contribution < -0.4 is 5.32 Å². The SMILES string of the molecule is Clc1cc(Br)cc(-c2n[nH]c(C3CCNCC3)n2)c1. The summed E-state index contributed by atoms with van der Waals surface area (Å²) in [6, 6.07) is 5.70. The van der Waals surface area contributed by atoms with Crippen molar-refractivity contribution in [3.05, 3.63) is 33.5 Å². The second-order valence-corrected chi connectivity index (χ2v) is 6.08. The Balaban J connectivity index is 1.87. The van der Waals surface area contributed by atoms with Crippen molar-refractivity contribution in [3.63, 3.8) is 0 Å². The highest BCUT2D eigenvalue weighted by molar-refractivity contribution is 9.10. The molecule has 2 aromatic rings. The molecule has 1 aliphatic rings. The number of H-pyrrole nitrogens is 1. The van der Waals surface area contributed by atoms with Crippen LogP contribution >= 0.6 is 27.5 Å². The summed E-state index contributed by atoms with van der Waals surface area (Å²) in [5.41, 5.74) is 0.927. The Bertz CT molecular complexity index is 558. The predicted molar refractivity (Wildman–Crippen MR) is 79.4 cm³/mol. The fraction of sp³-hybridized carbons (Fsp3) is 0.385. The van der Waals surface area contributed by atoms with E-state index in [-0.39, 0.29) is 0 Å². The fourth-order valence-corrected chi connectivity index (χ4v) is 3.22. The number of halogens is 2. The van der Waals surface area contributed by atoms with Gasteiger partial charge in [-0.05, 0) is 44.1 Å². The van der Waals surface area contributed by atoms with Gasteiger partial charge in [-0.15, -0.1) is 0 Å². The molecule has 3 rings (SSSR count). The van der Waals surface area contributed by atoms with E-state index in [1.54, 1.807) is 0 Å². The Morgan fingerprint density at radius 1 is 1.21 bits per heavy atom. The van der Waals surface area contributed by atoms with E-state index in [9.17, 15) is 0 Å². The van der Waals surface area contributed by atoms with Crippen molar-refractivity contribution in [3.8, 4) is 11.4 Å². The smallest absolute Gasteiger partial charge is 0.181 e. The molecule has 1 aromatic heterocycles. The average molecular weight is 342 g/mol. The largest absolute Gasteiger partial charge is 0.317 e. The van der Waals surface area contributed by atoms with E-state index in [0.717, 1.165) is 41.8 Å². The summed E-state index contributed by atoms with van der Waals surface area (Å²) in [5.74, 6) is 2.16. The molecule has 0 saturated carbocycles. The quantitative estimate of drug-likeness (QED) is 0.880. The molecule has 0 radical (unpaired) electrons. The zero-order valence-corrected chi connectivity index (χ0v) is 12.6. The number of rotatable bonds is 2. The summed E-state index contributed by atoms with van der Waals surface area (Å²) in [4.78, 5) is 4.61. The number of nitrogens with zero attached hydrogens (tertiary/aromatic N) is 2. The van der Waals surface area contributed by atoms with Crippen molar-refractivity contribution < 1.29 is 0 Å². The Labute approximate surface area is 125 Å². The van der Waals surface area contributed by atoms with E-state index < -0.39 is 0 Å². The molecule has 19 heavy (non-hydrogen) atoms. The van der Waals surface area contributed by atoms with Crippen LogP contribution in [0.2, 0.25) is 5.02 Å². The van der Waals surface area contributed by atoms with Gasteiger partial charge in [0.2, 0.25) is 0 Å². The van der Waals surface area contributed by atoms with Crippen molar-refractivity contribution in [2.75, 3.05) is 13.1 Å². The lowest BCUT2D eigenvalue weighted by atomic mass is 9.98. The van der Waals surface area contributed by atoms with Gasteiger partial charge < -0.3 is 5.32 Å². The summed E-state index contributed by atoms with van der Waals surface area (Å²) >= 11 is 9.49. The van der Waals surface area contributed by atoms with Gasteiger partial charge in [-0.3, -0.25) is 5.10 Å². The maximum atomic E-state index is 6.05. The average Bonchev–Trinajstić information content (AvgIpc) is 2.88. The second-order valence-electron chi connectivity index (χ2n) is 4.73. The van der Waals surface area contributed by atoms with Gasteiger partial charge in [-0.1, -0.05) is 27.5 Å². The highest BCUT2D eigenvalue weighted by Crippen LogP contribution is 2.27. The zero-order chi connectivity index (χ0) is 13.2. The minimum absolute atomic E-state index is 0.477. The monoisotopic (exact) mass is 340 g/mol. The Morgan fingerprint density at radius 2 is 2.00 bits per heavy atom. The molecule has 0 bridgehead atoms. The fourth-order valence-electron chi connectivity index (χ4n) is 2.36. The third-order valence-corrected chi connectivity index (χ3v) is 4.03. The third-order valence-electron chi connectivity index (χ3n) is 3.35. The topological polar surface area (TPSA) is 53.6 Å². The van der Waals surface area contributed by atoms with Crippen LogP contribution in [-0.4, -0.2) is 28.3 Å². The van der Waals surface area contributed by atoms with E-state index in [2.05, 4.69) is 36.4 Å². The minimum Gasteiger partial charge on any atom is -0.317 e. The number of aromatic nitrogens is 3. The molecule has 2 heterocycles. The Hall–Kier alpha value is -0.910. The number of aromatic amines is 1. The van der Waals surface area contributed by atoms with Gasteiger partial charge >= 0.3 is 0 Å². The molecule has 0 atom stereocenters. The first-order chi connectivity index (χ1) is 9.22. The lowest BCUT2D eigenvalue weighted by Crippen LogP contribution is -2.27. The van der Waals surface area contributed by atoms with Crippen molar-refractivity contribution in [2.24, 2.45) is 0 Å². The molecule has 6 heteroatoms. The van der Waals surface area contributed by atoms with Crippen LogP contribution in [0.4, 0.5) is 0 Å². The second kappa shape index (κ2) is 5.61. The molecule has 100 valence electrons. The first-order valence-electron chi connectivity index (χ1n) is 6.32. The molecular weight excluding hydrogens is 328 g/mol. The van der Waals surface area contributed by atoms with Crippen molar-refractivity contribution in [2.45, 2.75) is 18.8 Å². The van der Waals surface area contributed by atoms with Gasteiger partial charge in [0.1, 0.15) is 5.82 Å². The van der Waals surface area contributed by atoms with Gasteiger partial charge in [-0.25, -0.2) is 4.98 Å². The van der Waals surface area contributed by atoms with Gasteiger partial charge in [-0.2, -0.15) is 5.10 Å². The van der Waals surface area contributed by atoms with Gasteiger partial charge in [0.15, 0.2) is 5.82 Å². The molecule has 1 aromatic carbocycles. The first-order valence-corrected chi connectivity index (χ1v) is 7.49. The molecule has 0 unspecified atom stereocenters. The summed E-state index contributed by atoms with van der Waals surface area (Å²) in [5, 5.41) is 11.4.